The third kappa shape index (κ3) is 2.27. The Labute approximate surface area is 123 Å². The second kappa shape index (κ2) is 4.77. The minimum atomic E-state index is 0.0501. The molecule has 3 heterocycles. The Hall–Kier alpha value is -2.01. The van der Waals surface area contributed by atoms with Crippen LogP contribution in [0.3, 0.4) is 0 Å². The molecule has 110 valence electrons. The zero-order valence-corrected chi connectivity index (χ0v) is 12.1. The van der Waals surface area contributed by atoms with E-state index < -0.39 is 0 Å². The molecular weight excluding hydrogens is 266 g/mol. The Morgan fingerprint density at radius 3 is 2.81 bits per heavy atom. The van der Waals surface area contributed by atoms with Crippen LogP contribution < -0.4 is 20.1 Å². The van der Waals surface area contributed by atoms with Crippen LogP contribution in [-0.4, -0.2) is 36.8 Å². The van der Waals surface area contributed by atoms with Gasteiger partial charge in [-0.1, -0.05) is 0 Å². The average molecular weight is 285 g/mol. The fourth-order valence-electron chi connectivity index (χ4n) is 3.02. The van der Waals surface area contributed by atoms with Gasteiger partial charge in [-0.3, -0.25) is 0 Å². The van der Waals surface area contributed by atoms with E-state index in [0.717, 1.165) is 47.6 Å². The lowest BCUT2D eigenvalue weighted by atomic mass is 10.0. The topological polar surface area (TPSA) is 55.4 Å². The molecule has 1 aromatic carbocycles. The summed E-state index contributed by atoms with van der Waals surface area (Å²) in [5.41, 5.74) is 0.0501. The van der Waals surface area contributed by atoms with E-state index in [1.54, 1.807) is 0 Å². The maximum absolute atomic E-state index is 5.69. The highest BCUT2D eigenvalue weighted by Crippen LogP contribution is 2.37. The monoisotopic (exact) mass is 285 g/mol. The highest BCUT2D eigenvalue weighted by atomic mass is 16.6. The van der Waals surface area contributed by atoms with Gasteiger partial charge in [0, 0.05) is 23.7 Å². The van der Waals surface area contributed by atoms with Gasteiger partial charge in [0.25, 0.3) is 0 Å². The van der Waals surface area contributed by atoms with Crippen molar-refractivity contribution in [2.24, 2.45) is 0 Å². The zero-order chi connectivity index (χ0) is 14.3. The summed E-state index contributed by atoms with van der Waals surface area (Å²) in [6.07, 6.45) is 2.93. The molecule has 0 saturated carbocycles. The van der Waals surface area contributed by atoms with Crippen molar-refractivity contribution < 1.29 is 9.47 Å². The summed E-state index contributed by atoms with van der Waals surface area (Å²) in [4.78, 5) is 4.53. The Balaban J connectivity index is 1.78. The number of hydrogen-bond acceptors (Lipinski definition) is 5. The fourth-order valence-corrected chi connectivity index (χ4v) is 3.02. The summed E-state index contributed by atoms with van der Waals surface area (Å²) in [5, 5.41) is 9.19. The predicted octanol–water partition coefficient (Wildman–Crippen LogP) is 2.17. The molecule has 4 rings (SSSR count). The quantitative estimate of drug-likeness (QED) is 0.885. The number of aromatic nitrogens is 1. The predicted molar refractivity (Wildman–Crippen MR) is 82.2 cm³/mol. The van der Waals surface area contributed by atoms with Crippen molar-refractivity contribution in [2.45, 2.75) is 18.9 Å². The van der Waals surface area contributed by atoms with Crippen molar-refractivity contribution in [3.8, 4) is 11.5 Å². The first-order valence-corrected chi connectivity index (χ1v) is 7.41. The smallest absolute Gasteiger partial charge is 0.162 e. The van der Waals surface area contributed by atoms with Crippen molar-refractivity contribution in [1.29, 1.82) is 0 Å². The van der Waals surface area contributed by atoms with Crippen LogP contribution in [0, 0.1) is 0 Å². The molecule has 1 fully saturated rings. The van der Waals surface area contributed by atoms with Crippen molar-refractivity contribution in [3.05, 3.63) is 24.4 Å². The minimum Gasteiger partial charge on any atom is -0.486 e. The molecule has 0 bridgehead atoms. The summed E-state index contributed by atoms with van der Waals surface area (Å²) in [5.74, 6) is 2.54. The molecular formula is C16H19N3O2. The first-order valence-electron chi connectivity index (χ1n) is 7.41. The normalized spacial score (nSPS) is 24.2. The maximum Gasteiger partial charge on any atom is 0.162 e. The first kappa shape index (κ1) is 12.7. The van der Waals surface area contributed by atoms with E-state index in [1.807, 2.05) is 24.4 Å². The molecule has 2 aliphatic rings. The summed E-state index contributed by atoms with van der Waals surface area (Å²) in [6.45, 7) is 5.43. The van der Waals surface area contributed by atoms with Crippen LogP contribution >= 0.6 is 0 Å². The van der Waals surface area contributed by atoms with Crippen LogP contribution in [0.2, 0.25) is 0 Å². The molecule has 0 spiro atoms. The van der Waals surface area contributed by atoms with Gasteiger partial charge < -0.3 is 20.1 Å². The number of hydrogen-bond donors (Lipinski definition) is 2. The van der Waals surface area contributed by atoms with Crippen molar-refractivity contribution in [1.82, 2.24) is 10.3 Å². The van der Waals surface area contributed by atoms with Crippen LogP contribution in [0.5, 0.6) is 11.5 Å². The number of fused-ring (bicyclic) bond motifs is 2. The van der Waals surface area contributed by atoms with Crippen molar-refractivity contribution in [3.63, 3.8) is 0 Å². The molecule has 5 nitrogen and oxygen atoms in total. The third-order valence-corrected chi connectivity index (χ3v) is 4.22. The van der Waals surface area contributed by atoms with Crippen molar-refractivity contribution in [2.75, 3.05) is 31.6 Å². The van der Waals surface area contributed by atoms with Crippen LogP contribution in [0.15, 0.2) is 24.4 Å². The number of ether oxygens (including phenoxy) is 2. The largest absolute Gasteiger partial charge is 0.486 e. The van der Waals surface area contributed by atoms with E-state index in [9.17, 15) is 0 Å². The Bertz CT molecular complexity index is 681. The zero-order valence-electron chi connectivity index (χ0n) is 12.1. The molecule has 1 aromatic heterocycles. The molecule has 5 heteroatoms. The van der Waals surface area contributed by atoms with Gasteiger partial charge in [-0.15, -0.1) is 0 Å². The lowest BCUT2D eigenvalue weighted by Gasteiger charge is -2.26. The summed E-state index contributed by atoms with van der Waals surface area (Å²) in [7, 11) is 0. The van der Waals surface area contributed by atoms with E-state index in [0.29, 0.717) is 13.2 Å². The molecule has 2 N–H and O–H groups in total. The highest BCUT2D eigenvalue weighted by Gasteiger charge is 2.29. The van der Waals surface area contributed by atoms with Crippen molar-refractivity contribution >= 4 is 16.6 Å². The molecule has 0 radical (unpaired) electrons. The van der Waals surface area contributed by atoms with Gasteiger partial charge in [-0.25, -0.2) is 4.98 Å². The molecule has 1 atom stereocenters. The number of pyridine rings is 1. The van der Waals surface area contributed by atoms with Gasteiger partial charge >= 0.3 is 0 Å². The van der Waals surface area contributed by atoms with Gasteiger partial charge in [0.05, 0.1) is 0 Å². The van der Waals surface area contributed by atoms with Gasteiger partial charge in [0.15, 0.2) is 11.5 Å². The molecule has 0 aliphatic carbocycles. The Kier molecular flexibility index (Phi) is 2.89. The number of anilines is 1. The lowest BCUT2D eigenvalue weighted by Crippen LogP contribution is -2.37. The van der Waals surface area contributed by atoms with Crippen LogP contribution in [-0.2, 0) is 0 Å². The number of nitrogens with zero attached hydrogens (tertiary/aromatic N) is 1. The lowest BCUT2D eigenvalue weighted by molar-refractivity contribution is 0.172. The molecule has 21 heavy (non-hydrogen) atoms. The highest BCUT2D eigenvalue weighted by molar-refractivity contribution is 5.94. The summed E-state index contributed by atoms with van der Waals surface area (Å²) >= 11 is 0. The van der Waals surface area contributed by atoms with Crippen LogP contribution in [0.1, 0.15) is 13.3 Å². The first-order chi connectivity index (χ1) is 10.2. The van der Waals surface area contributed by atoms with Gasteiger partial charge in [-0.05, 0) is 43.5 Å². The number of benzene rings is 1. The average Bonchev–Trinajstić information content (AvgIpc) is 2.92. The number of rotatable bonds is 2. The minimum absolute atomic E-state index is 0.0501. The van der Waals surface area contributed by atoms with Crippen LogP contribution in [0.25, 0.3) is 10.8 Å². The maximum atomic E-state index is 5.69. The summed E-state index contributed by atoms with van der Waals surface area (Å²) < 4.78 is 11.3. The molecule has 2 aliphatic heterocycles. The van der Waals surface area contributed by atoms with Gasteiger partial charge in [-0.2, -0.15) is 0 Å². The van der Waals surface area contributed by atoms with E-state index in [1.165, 1.54) is 0 Å². The van der Waals surface area contributed by atoms with E-state index >= 15 is 0 Å². The number of nitrogens with one attached hydrogen (secondary N) is 2. The second-order valence-electron chi connectivity index (χ2n) is 5.99. The molecule has 0 amide bonds. The van der Waals surface area contributed by atoms with E-state index in [-0.39, 0.29) is 5.54 Å². The summed E-state index contributed by atoms with van der Waals surface area (Å²) in [6, 6.07) is 6.07. The Morgan fingerprint density at radius 1 is 1.24 bits per heavy atom. The second-order valence-corrected chi connectivity index (χ2v) is 5.99. The van der Waals surface area contributed by atoms with E-state index in [4.69, 9.17) is 9.47 Å². The third-order valence-electron chi connectivity index (χ3n) is 4.22. The SMILES string of the molecule is CC1(Nc2nccc3cc4c(cc23)OCCO4)CCNC1. The standard InChI is InChI=1S/C16H19N3O2/c1-16(3-5-17-10-16)19-15-12-9-14-13(20-6-7-21-14)8-11(12)2-4-18-15/h2,4,8-9,17H,3,5-7,10H2,1H3,(H,18,19). The van der Waals surface area contributed by atoms with Gasteiger partial charge in [0.2, 0.25) is 0 Å². The van der Waals surface area contributed by atoms with Crippen LogP contribution in [0.4, 0.5) is 5.82 Å². The fraction of sp³-hybridized carbons (Fsp3) is 0.438. The molecule has 1 saturated heterocycles. The Morgan fingerprint density at radius 2 is 2.05 bits per heavy atom. The molecule has 1 unspecified atom stereocenters. The van der Waals surface area contributed by atoms with E-state index in [2.05, 4.69) is 22.5 Å². The van der Waals surface area contributed by atoms with Gasteiger partial charge in [0.1, 0.15) is 19.0 Å². The molecule has 2 aromatic rings.